The maximum atomic E-state index is 11.0. The third kappa shape index (κ3) is 2.08. The zero-order chi connectivity index (χ0) is 10.1. The van der Waals surface area contributed by atoms with E-state index in [4.69, 9.17) is 5.11 Å². The summed E-state index contributed by atoms with van der Waals surface area (Å²) in [6, 6.07) is 0.164. The lowest BCUT2D eigenvalue weighted by Gasteiger charge is -2.22. The van der Waals surface area contributed by atoms with Crippen LogP contribution in [-0.4, -0.2) is 23.2 Å². The molecule has 3 heteroatoms. The zero-order valence-corrected chi connectivity index (χ0v) is 8.70. The fraction of sp³-hybridized carbons (Fsp3) is 0.909. The Morgan fingerprint density at radius 3 is 2.50 bits per heavy atom. The molecule has 3 atom stereocenters. The highest BCUT2D eigenvalue weighted by atomic mass is 16.4. The van der Waals surface area contributed by atoms with Crippen LogP contribution in [0.5, 0.6) is 0 Å². The van der Waals surface area contributed by atoms with E-state index in [1.165, 1.54) is 12.8 Å². The first-order chi connectivity index (χ1) is 6.68. The van der Waals surface area contributed by atoms with Gasteiger partial charge in [0.25, 0.3) is 0 Å². The van der Waals surface area contributed by atoms with E-state index in [2.05, 4.69) is 12.2 Å². The second-order valence-electron chi connectivity index (χ2n) is 4.83. The molecule has 3 nitrogen and oxygen atoms in total. The molecule has 14 heavy (non-hydrogen) atoms. The van der Waals surface area contributed by atoms with Gasteiger partial charge in [-0.05, 0) is 37.5 Å². The fourth-order valence-electron chi connectivity index (χ4n) is 2.46. The van der Waals surface area contributed by atoms with Gasteiger partial charge in [0.15, 0.2) is 0 Å². The number of aliphatic carboxylic acids is 1. The summed E-state index contributed by atoms with van der Waals surface area (Å²) in [7, 11) is 0. The lowest BCUT2D eigenvalue weighted by Crippen LogP contribution is -2.45. The molecule has 0 aromatic carbocycles. The molecule has 80 valence electrons. The summed E-state index contributed by atoms with van der Waals surface area (Å²) >= 11 is 0. The van der Waals surface area contributed by atoms with E-state index >= 15 is 0 Å². The molecule has 2 N–H and O–H groups in total. The van der Waals surface area contributed by atoms with Crippen molar-refractivity contribution >= 4 is 5.97 Å². The Hall–Kier alpha value is -0.570. The molecule has 0 aliphatic heterocycles. The second kappa shape index (κ2) is 3.89. The third-order valence-electron chi connectivity index (χ3n) is 3.61. The molecule has 0 radical (unpaired) electrons. The van der Waals surface area contributed by atoms with E-state index in [-0.39, 0.29) is 6.04 Å². The fourth-order valence-corrected chi connectivity index (χ4v) is 2.46. The van der Waals surface area contributed by atoms with Gasteiger partial charge in [0.1, 0.15) is 6.04 Å². The lowest BCUT2D eigenvalue weighted by molar-refractivity contribution is -0.140. The maximum absolute atomic E-state index is 11.0. The minimum absolute atomic E-state index is 0.277. The van der Waals surface area contributed by atoms with Gasteiger partial charge >= 0.3 is 5.97 Å². The number of carbonyl (C=O) groups is 1. The SMILES string of the molecule is CC1CCCC1NC(C(=O)O)C1CC1. The van der Waals surface area contributed by atoms with E-state index in [1.54, 1.807) is 0 Å². The Morgan fingerprint density at radius 2 is 2.07 bits per heavy atom. The highest BCUT2D eigenvalue weighted by Crippen LogP contribution is 2.34. The van der Waals surface area contributed by atoms with Gasteiger partial charge < -0.3 is 10.4 Å². The van der Waals surface area contributed by atoms with Crippen LogP contribution in [0, 0.1) is 11.8 Å². The Bertz CT molecular complexity index is 225. The van der Waals surface area contributed by atoms with E-state index in [0.717, 1.165) is 19.3 Å². The van der Waals surface area contributed by atoms with E-state index < -0.39 is 5.97 Å². The van der Waals surface area contributed by atoms with Crippen LogP contribution in [0.25, 0.3) is 0 Å². The summed E-state index contributed by atoms with van der Waals surface area (Å²) < 4.78 is 0. The molecule has 0 amide bonds. The molecule has 0 heterocycles. The molecule has 0 bridgehead atoms. The summed E-state index contributed by atoms with van der Waals surface area (Å²) in [6.45, 7) is 2.22. The largest absolute Gasteiger partial charge is 0.480 e. The quantitative estimate of drug-likeness (QED) is 0.720. The number of hydrogen-bond acceptors (Lipinski definition) is 2. The minimum atomic E-state index is -0.661. The topological polar surface area (TPSA) is 49.3 Å². The van der Waals surface area contributed by atoms with Gasteiger partial charge in [-0.25, -0.2) is 0 Å². The summed E-state index contributed by atoms with van der Waals surface area (Å²) in [4.78, 5) is 11.0. The highest BCUT2D eigenvalue weighted by Gasteiger charge is 2.38. The summed E-state index contributed by atoms with van der Waals surface area (Å²) in [5.74, 6) is 0.391. The van der Waals surface area contributed by atoms with Crippen LogP contribution in [0.1, 0.15) is 39.0 Å². The first-order valence-corrected chi connectivity index (χ1v) is 5.67. The standard InChI is InChI=1S/C11H19NO2/c1-7-3-2-4-9(7)12-10(11(13)14)8-5-6-8/h7-10,12H,2-6H2,1H3,(H,13,14). The Labute approximate surface area is 84.9 Å². The molecule has 3 unspecified atom stereocenters. The van der Waals surface area contributed by atoms with Crippen molar-refractivity contribution in [1.29, 1.82) is 0 Å². The molecule has 2 aliphatic carbocycles. The predicted octanol–water partition coefficient (Wildman–Crippen LogP) is 1.63. The van der Waals surface area contributed by atoms with Crippen LogP contribution in [0.2, 0.25) is 0 Å². The van der Waals surface area contributed by atoms with Gasteiger partial charge in [0.2, 0.25) is 0 Å². The number of hydrogen-bond donors (Lipinski definition) is 2. The van der Waals surface area contributed by atoms with Gasteiger partial charge in [-0.15, -0.1) is 0 Å². The van der Waals surface area contributed by atoms with Crippen LogP contribution in [0.4, 0.5) is 0 Å². The van der Waals surface area contributed by atoms with Gasteiger partial charge in [-0.2, -0.15) is 0 Å². The van der Waals surface area contributed by atoms with Crippen LogP contribution >= 0.6 is 0 Å². The van der Waals surface area contributed by atoms with Crippen molar-refractivity contribution in [2.45, 2.75) is 51.1 Å². The molecule has 0 spiro atoms. The van der Waals surface area contributed by atoms with E-state index in [0.29, 0.717) is 17.9 Å². The monoisotopic (exact) mass is 197 g/mol. The van der Waals surface area contributed by atoms with Gasteiger partial charge in [0, 0.05) is 6.04 Å². The third-order valence-corrected chi connectivity index (χ3v) is 3.61. The van der Waals surface area contributed by atoms with E-state index in [1.807, 2.05) is 0 Å². The van der Waals surface area contributed by atoms with Gasteiger partial charge in [-0.3, -0.25) is 4.79 Å². The second-order valence-corrected chi connectivity index (χ2v) is 4.83. The molecular formula is C11H19NO2. The zero-order valence-electron chi connectivity index (χ0n) is 8.70. The molecule has 0 aromatic rings. The van der Waals surface area contributed by atoms with Crippen LogP contribution < -0.4 is 5.32 Å². The van der Waals surface area contributed by atoms with Crippen LogP contribution in [0.3, 0.4) is 0 Å². The summed E-state index contributed by atoms with van der Waals surface area (Å²) in [5.41, 5.74) is 0. The van der Waals surface area contributed by atoms with E-state index in [9.17, 15) is 4.79 Å². The number of carboxylic acids is 1. The molecular weight excluding hydrogens is 178 g/mol. The number of rotatable bonds is 4. The first-order valence-electron chi connectivity index (χ1n) is 5.67. The normalized spacial score (nSPS) is 34.4. The van der Waals surface area contributed by atoms with Gasteiger partial charge in [0.05, 0.1) is 0 Å². The molecule has 0 aromatic heterocycles. The Morgan fingerprint density at radius 1 is 1.36 bits per heavy atom. The smallest absolute Gasteiger partial charge is 0.320 e. The predicted molar refractivity (Wildman–Crippen MR) is 54.1 cm³/mol. The molecule has 2 saturated carbocycles. The van der Waals surface area contributed by atoms with Crippen molar-refractivity contribution < 1.29 is 9.90 Å². The van der Waals surface area contributed by atoms with Crippen molar-refractivity contribution in [2.75, 3.05) is 0 Å². The number of nitrogens with one attached hydrogen (secondary N) is 1. The summed E-state index contributed by atoms with van der Waals surface area (Å²) in [5, 5.41) is 12.4. The summed E-state index contributed by atoms with van der Waals surface area (Å²) in [6.07, 6.45) is 5.82. The van der Waals surface area contributed by atoms with Crippen molar-refractivity contribution in [3.63, 3.8) is 0 Å². The maximum Gasteiger partial charge on any atom is 0.320 e. The molecule has 2 fully saturated rings. The van der Waals surface area contributed by atoms with Crippen molar-refractivity contribution in [2.24, 2.45) is 11.8 Å². The Balaban J connectivity index is 1.89. The number of carboxylic acid groups (broad SMARTS) is 1. The van der Waals surface area contributed by atoms with Gasteiger partial charge in [-0.1, -0.05) is 13.3 Å². The average Bonchev–Trinajstić information content (AvgIpc) is 2.87. The van der Waals surface area contributed by atoms with Crippen molar-refractivity contribution in [3.8, 4) is 0 Å². The minimum Gasteiger partial charge on any atom is -0.480 e. The highest BCUT2D eigenvalue weighted by molar-refractivity contribution is 5.74. The molecule has 2 rings (SSSR count). The van der Waals surface area contributed by atoms with Crippen molar-refractivity contribution in [3.05, 3.63) is 0 Å². The lowest BCUT2D eigenvalue weighted by atomic mass is 10.0. The van der Waals surface area contributed by atoms with Crippen LogP contribution in [0.15, 0.2) is 0 Å². The molecule has 0 saturated heterocycles. The Kier molecular flexibility index (Phi) is 2.77. The van der Waals surface area contributed by atoms with Crippen molar-refractivity contribution in [1.82, 2.24) is 5.32 Å². The average molecular weight is 197 g/mol. The molecule has 2 aliphatic rings. The van der Waals surface area contributed by atoms with Crippen LogP contribution in [-0.2, 0) is 4.79 Å². The first kappa shape index (κ1) is 9.97.